The van der Waals surface area contributed by atoms with Crippen molar-refractivity contribution in [2.45, 2.75) is 0 Å². The van der Waals surface area contributed by atoms with Gasteiger partial charge in [-0.25, -0.2) is 34.9 Å². The molecule has 0 spiro atoms. The Hall–Kier alpha value is -6.09. The highest BCUT2D eigenvalue weighted by molar-refractivity contribution is 5.69. The Morgan fingerprint density at radius 1 is 0.262 bits per heavy atom. The Bertz CT molecular complexity index is 1860. The summed E-state index contributed by atoms with van der Waals surface area (Å²) < 4.78 is 0. The molecule has 198 valence electrons. The molecule has 0 bridgehead atoms. The van der Waals surface area contributed by atoms with Crippen molar-refractivity contribution < 1.29 is 0 Å². The predicted molar refractivity (Wildman–Crippen MR) is 159 cm³/mol. The molecular formula is C33H21N9. The minimum Gasteiger partial charge on any atom is -0.255 e. The Labute approximate surface area is 241 Å². The lowest BCUT2D eigenvalue weighted by Gasteiger charge is -2.08. The van der Waals surface area contributed by atoms with Crippen molar-refractivity contribution in [3.63, 3.8) is 0 Å². The van der Waals surface area contributed by atoms with Crippen LogP contribution in [-0.2, 0) is 0 Å². The fourth-order valence-corrected chi connectivity index (χ4v) is 4.46. The van der Waals surface area contributed by atoms with Gasteiger partial charge >= 0.3 is 0 Å². The lowest BCUT2D eigenvalue weighted by atomic mass is 10.1. The van der Waals surface area contributed by atoms with E-state index in [1.165, 1.54) is 12.7 Å². The van der Waals surface area contributed by atoms with E-state index in [2.05, 4.69) is 29.9 Å². The van der Waals surface area contributed by atoms with Gasteiger partial charge in [0.05, 0.1) is 68.3 Å². The maximum Gasteiger partial charge on any atom is 0.116 e. The summed E-state index contributed by atoms with van der Waals surface area (Å²) in [5.74, 6) is 0. The lowest BCUT2D eigenvalue weighted by Crippen LogP contribution is -1.97. The van der Waals surface area contributed by atoms with Crippen LogP contribution in [0.25, 0.3) is 68.3 Å². The van der Waals surface area contributed by atoms with Crippen molar-refractivity contribution in [3.8, 4) is 68.3 Å². The van der Waals surface area contributed by atoms with E-state index >= 15 is 0 Å². The molecule has 7 rings (SSSR count). The summed E-state index contributed by atoms with van der Waals surface area (Å²) in [5.41, 5.74) is 8.67. The Kier molecular flexibility index (Phi) is 6.63. The van der Waals surface area contributed by atoms with Crippen LogP contribution in [0, 0.1) is 0 Å². The molecule has 0 aliphatic heterocycles. The Morgan fingerprint density at radius 3 is 0.881 bits per heavy atom. The molecule has 7 heterocycles. The average Bonchev–Trinajstić information content (AvgIpc) is 3.09. The third kappa shape index (κ3) is 5.22. The molecule has 42 heavy (non-hydrogen) atoms. The predicted octanol–water partition coefficient (Wildman–Crippen LogP) is 6.24. The maximum absolute atomic E-state index is 4.87. The first-order valence-corrected chi connectivity index (χ1v) is 13.2. The first-order chi connectivity index (χ1) is 20.8. The van der Waals surface area contributed by atoms with E-state index in [4.69, 9.17) is 15.0 Å². The van der Waals surface area contributed by atoms with Gasteiger partial charge in [0.25, 0.3) is 0 Å². The van der Waals surface area contributed by atoms with Crippen molar-refractivity contribution in [1.82, 2.24) is 44.9 Å². The molecule has 0 aromatic carbocycles. The normalized spacial score (nSPS) is 10.9. The third-order valence-corrected chi connectivity index (χ3v) is 6.49. The van der Waals surface area contributed by atoms with Gasteiger partial charge in [0.2, 0.25) is 0 Å². The number of hydrogen-bond donors (Lipinski definition) is 0. The van der Waals surface area contributed by atoms with Gasteiger partial charge in [-0.3, -0.25) is 9.97 Å². The molecule has 0 saturated carbocycles. The van der Waals surface area contributed by atoms with Crippen molar-refractivity contribution in [3.05, 3.63) is 128 Å². The molecule has 0 atom stereocenters. The minimum absolute atomic E-state index is 0.672. The average molecular weight is 544 g/mol. The maximum atomic E-state index is 4.87. The lowest BCUT2D eigenvalue weighted by molar-refractivity contribution is 1.12. The van der Waals surface area contributed by atoms with Crippen LogP contribution >= 0.6 is 0 Å². The molecular weight excluding hydrogens is 522 g/mol. The topological polar surface area (TPSA) is 116 Å². The van der Waals surface area contributed by atoms with Gasteiger partial charge in [-0.15, -0.1) is 0 Å². The summed E-state index contributed by atoms with van der Waals surface area (Å²) in [4.78, 5) is 41.2. The van der Waals surface area contributed by atoms with Gasteiger partial charge in [-0.1, -0.05) is 30.3 Å². The largest absolute Gasteiger partial charge is 0.255 e. The first kappa shape index (κ1) is 24.9. The zero-order chi connectivity index (χ0) is 28.1. The van der Waals surface area contributed by atoms with Crippen LogP contribution in [0.1, 0.15) is 0 Å². The van der Waals surface area contributed by atoms with Crippen LogP contribution in [0.2, 0.25) is 0 Å². The van der Waals surface area contributed by atoms with E-state index in [0.29, 0.717) is 34.2 Å². The highest BCUT2D eigenvalue weighted by Crippen LogP contribution is 2.26. The van der Waals surface area contributed by atoms with Gasteiger partial charge < -0.3 is 0 Å². The second-order valence-corrected chi connectivity index (χ2v) is 9.23. The summed E-state index contributed by atoms with van der Waals surface area (Å²) >= 11 is 0. The molecule has 0 unspecified atom stereocenters. The highest BCUT2D eigenvalue weighted by Gasteiger charge is 2.12. The minimum atomic E-state index is 0.672. The molecule has 0 saturated heterocycles. The molecule has 7 aromatic heterocycles. The SMILES string of the molecule is c1ccc(-c2cccc(-c3cc(-c4cccc(-c5cc(-c6cccc(-c7ccccn7)n6)ncn5)n4)ncn3)n2)nc1. The number of rotatable bonds is 6. The highest BCUT2D eigenvalue weighted by atomic mass is 14.9. The van der Waals surface area contributed by atoms with Gasteiger partial charge in [0, 0.05) is 12.4 Å². The summed E-state index contributed by atoms with van der Waals surface area (Å²) in [5, 5.41) is 0. The number of aromatic nitrogens is 9. The smallest absolute Gasteiger partial charge is 0.116 e. The molecule has 0 fully saturated rings. The van der Waals surface area contributed by atoms with Gasteiger partial charge in [0.15, 0.2) is 0 Å². The van der Waals surface area contributed by atoms with E-state index in [-0.39, 0.29) is 0 Å². The summed E-state index contributed by atoms with van der Waals surface area (Å²) in [6.45, 7) is 0. The molecule has 0 aliphatic carbocycles. The summed E-state index contributed by atoms with van der Waals surface area (Å²) in [7, 11) is 0. The van der Waals surface area contributed by atoms with E-state index in [1.54, 1.807) is 12.4 Å². The van der Waals surface area contributed by atoms with E-state index in [1.807, 2.05) is 103 Å². The van der Waals surface area contributed by atoms with Crippen LogP contribution < -0.4 is 0 Å². The molecule has 9 heteroatoms. The van der Waals surface area contributed by atoms with Crippen LogP contribution in [0.3, 0.4) is 0 Å². The van der Waals surface area contributed by atoms with Gasteiger partial charge in [-0.05, 0) is 72.8 Å². The quantitative estimate of drug-likeness (QED) is 0.240. The van der Waals surface area contributed by atoms with E-state index < -0.39 is 0 Å². The van der Waals surface area contributed by atoms with Crippen molar-refractivity contribution in [2.24, 2.45) is 0 Å². The van der Waals surface area contributed by atoms with Crippen LogP contribution in [-0.4, -0.2) is 44.9 Å². The number of hydrogen-bond acceptors (Lipinski definition) is 9. The number of nitrogens with zero attached hydrogens (tertiary/aromatic N) is 9. The van der Waals surface area contributed by atoms with Crippen LogP contribution in [0.15, 0.2) is 128 Å². The molecule has 0 N–H and O–H groups in total. The van der Waals surface area contributed by atoms with Crippen molar-refractivity contribution in [2.75, 3.05) is 0 Å². The summed E-state index contributed by atoms with van der Waals surface area (Å²) in [6, 6.07) is 32.6. The second-order valence-electron chi connectivity index (χ2n) is 9.23. The molecule has 0 radical (unpaired) electrons. The van der Waals surface area contributed by atoms with E-state index in [0.717, 1.165) is 34.2 Å². The standard InChI is InChI=1S/C33H21N9/c1-3-16-34-22(8-1)24-10-5-12-26(40-24)30-18-32(38-20-36-30)28-14-7-15-29(42-28)33-19-31(37-21-39-33)27-13-6-11-25(41-27)23-9-2-4-17-35-23/h1-21H. The van der Waals surface area contributed by atoms with Gasteiger partial charge in [-0.2, -0.15) is 0 Å². The monoisotopic (exact) mass is 543 g/mol. The van der Waals surface area contributed by atoms with Crippen LogP contribution in [0.4, 0.5) is 0 Å². The van der Waals surface area contributed by atoms with Crippen LogP contribution in [0.5, 0.6) is 0 Å². The van der Waals surface area contributed by atoms with Gasteiger partial charge in [0.1, 0.15) is 12.7 Å². The molecule has 9 nitrogen and oxygen atoms in total. The fourth-order valence-electron chi connectivity index (χ4n) is 4.46. The Morgan fingerprint density at radius 2 is 0.571 bits per heavy atom. The van der Waals surface area contributed by atoms with E-state index in [9.17, 15) is 0 Å². The van der Waals surface area contributed by atoms with Crippen molar-refractivity contribution in [1.29, 1.82) is 0 Å². The Balaban J connectivity index is 1.19. The first-order valence-electron chi connectivity index (χ1n) is 13.2. The molecule has 7 aromatic rings. The molecule has 0 amide bonds. The third-order valence-electron chi connectivity index (χ3n) is 6.49. The second kappa shape index (κ2) is 11.2. The zero-order valence-electron chi connectivity index (χ0n) is 22.1. The zero-order valence-corrected chi connectivity index (χ0v) is 22.1. The van der Waals surface area contributed by atoms with Crippen molar-refractivity contribution >= 4 is 0 Å². The summed E-state index contributed by atoms with van der Waals surface area (Å²) in [6.07, 6.45) is 6.55. The molecule has 0 aliphatic rings. The number of pyridine rings is 5. The fraction of sp³-hybridized carbons (Fsp3) is 0.